The number of fused-ring (bicyclic) bond motifs is 1. The van der Waals surface area contributed by atoms with Crippen LogP contribution in [0.3, 0.4) is 0 Å². The minimum absolute atomic E-state index is 0.0183. The first kappa shape index (κ1) is 16.4. The van der Waals surface area contributed by atoms with E-state index in [9.17, 15) is 12.8 Å². The summed E-state index contributed by atoms with van der Waals surface area (Å²) in [7, 11) is -3.89. The van der Waals surface area contributed by atoms with Gasteiger partial charge >= 0.3 is 10.3 Å². The Hall–Kier alpha value is -2.07. The van der Waals surface area contributed by atoms with Gasteiger partial charge in [0.05, 0.1) is 12.3 Å². The van der Waals surface area contributed by atoms with E-state index in [4.69, 9.17) is 8.92 Å². The van der Waals surface area contributed by atoms with Crippen molar-refractivity contribution in [3.05, 3.63) is 47.5 Å². The topological polar surface area (TPSA) is 89.6 Å². The molecule has 1 aromatic carbocycles. The number of nitrogens with zero attached hydrogens (tertiary/aromatic N) is 1. The average Bonchev–Trinajstić information content (AvgIpc) is 2.62. The lowest BCUT2D eigenvalue weighted by molar-refractivity contribution is 0.0250. The highest BCUT2D eigenvalue weighted by Crippen LogP contribution is 2.37. The number of hydrogen-bond acceptors (Lipinski definition) is 6. The second-order valence-electron chi connectivity index (χ2n) is 5.84. The largest absolute Gasteiger partial charge is 0.382 e. The zero-order valence-corrected chi connectivity index (χ0v) is 14.0. The molecular formula is C16H16FN3O4S. The summed E-state index contributed by atoms with van der Waals surface area (Å²) in [5.74, 6) is -0.340. The van der Waals surface area contributed by atoms with E-state index >= 15 is 0 Å². The van der Waals surface area contributed by atoms with Crippen LogP contribution in [-0.2, 0) is 21.6 Å². The van der Waals surface area contributed by atoms with Gasteiger partial charge in [0.2, 0.25) is 0 Å². The predicted octanol–water partition coefficient (Wildman–Crippen LogP) is 1.28. The van der Waals surface area contributed by atoms with Crippen LogP contribution in [0.25, 0.3) is 11.1 Å². The van der Waals surface area contributed by atoms with Crippen LogP contribution in [0.1, 0.15) is 17.4 Å². The van der Waals surface area contributed by atoms with Gasteiger partial charge in [-0.3, -0.25) is 4.98 Å². The van der Waals surface area contributed by atoms with Crippen LogP contribution >= 0.6 is 0 Å². The summed E-state index contributed by atoms with van der Waals surface area (Å²) < 4.78 is 50.2. The highest BCUT2D eigenvalue weighted by molar-refractivity contribution is 7.85. The Morgan fingerprint density at radius 1 is 1.28 bits per heavy atom. The highest BCUT2D eigenvalue weighted by Gasteiger charge is 2.26. The number of aromatic nitrogens is 1. The zero-order valence-electron chi connectivity index (χ0n) is 13.2. The van der Waals surface area contributed by atoms with Crippen molar-refractivity contribution in [2.24, 2.45) is 0 Å². The van der Waals surface area contributed by atoms with Crippen molar-refractivity contribution < 1.29 is 21.7 Å². The van der Waals surface area contributed by atoms with E-state index in [0.717, 1.165) is 12.2 Å². The number of nitrogens with one attached hydrogen (secondary N) is 2. The molecule has 1 saturated heterocycles. The quantitative estimate of drug-likeness (QED) is 0.833. The van der Waals surface area contributed by atoms with Crippen molar-refractivity contribution in [3.8, 4) is 16.9 Å². The molecule has 0 aliphatic carbocycles. The summed E-state index contributed by atoms with van der Waals surface area (Å²) in [5, 5.41) is 3.23. The van der Waals surface area contributed by atoms with E-state index in [1.165, 1.54) is 12.1 Å². The molecule has 0 spiro atoms. The maximum atomic E-state index is 13.9. The fourth-order valence-corrected chi connectivity index (χ4v) is 3.72. The van der Waals surface area contributed by atoms with Crippen LogP contribution in [0.5, 0.6) is 5.75 Å². The van der Waals surface area contributed by atoms with Crippen molar-refractivity contribution in [3.63, 3.8) is 0 Å². The van der Waals surface area contributed by atoms with E-state index in [2.05, 4.69) is 15.0 Å². The molecule has 1 unspecified atom stereocenters. The van der Waals surface area contributed by atoms with Gasteiger partial charge in [-0.1, -0.05) is 6.07 Å². The molecule has 0 bridgehead atoms. The van der Waals surface area contributed by atoms with Gasteiger partial charge in [0.15, 0.2) is 5.75 Å². The van der Waals surface area contributed by atoms with Crippen molar-refractivity contribution in [1.29, 1.82) is 0 Å². The molecule has 1 aromatic heterocycles. The third-order valence-corrected chi connectivity index (χ3v) is 5.00. The maximum Gasteiger partial charge on any atom is 0.382 e. The summed E-state index contributed by atoms with van der Waals surface area (Å²) in [5.41, 5.74) is 2.12. The van der Waals surface area contributed by atoms with Gasteiger partial charge in [0.1, 0.15) is 11.9 Å². The molecule has 2 aromatic rings. The molecule has 0 saturated carbocycles. The number of rotatable bonds is 2. The molecule has 3 heterocycles. The number of ether oxygens (including phenoxy) is 1. The van der Waals surface area contributed by atoms with Gasteiger partial charge in [-0.2, -0.15) is 13.1 Å². The Labute approximate surface area is 144 Å². The van der Waals surface area contributed by atoms with Crippen LogP contribution in [0, 0.1) is 5.82 Å². The molecule has 9 heteroatoms. The Morgan fingerprint density at radius 3 is 2.88 bits per heavy atom. The Balaban J connectivity index is 1.71. The number of halogens is 1. The Kier molecular flexibility index (Phi) is 4.16. The summed E-state index contributed by atoms with van der Waals surface area (Å²) in [6, 6.07) is 6.05. The average molecular weight is 365 g/mol. The SMILES string of the molecule is O=S1(=O)NCc2cc(F)cc(-c3ccc(C4CNCCO4)nc3)c2O1. The molecular weight excluding hydrogens is 349 g/mol. The monoisotopic (exact) mass is 365 g/mol. The fraction of sp³-hybridized carbons (Fsp3) is 0.312. The second-order valence-corrected chi connectivity index (χ2v) is 7.20. The van der Waals surface area contributed by atoms with E-state index in [-0.39, 0.29) is 18.4 Å². The molecule has 2 aliphatic heterocycles. The lowest BCUT2D eigenvalue weighted by Gasteiger charge is -2.23. The van der Waals surface area contributed by atoms with Crippen molar-refractivity contribution in [2.45, 2.75) is 12.6 Å². The van der Waals surface area contributed by atoms with Crippen LogP contribution < -0.4 is 14.2 Å². The third kappa shape index (κ3) is 3.36. The van der Waals surface area contributed by atoms with E-state index in [0.29, 0.717) is 29.8 Å². The van der Waals surface area contributed by atoms with Crippen molar-refractivity contribution in [1.82, 2.24) is 15.0 Å². The molecule has 1 atom stereocenters. The maximum absolute atomic E-state index is 13.9. The molecule has 1 fully saturated rings. The van der Waals surface area contributed by atoms with Gasteiger partial charge in [0.25, 0.3) is 0 Å². The number of benzene rings is 1. The number of hydrogen-bond donors (Lipinski definition) is 2. The smallest absolute Gasteiger partial charge is 0.370 e. The fourth-order valence-electron chi connectivity index (χ4n) is 2.91. The summed E-state index contributed by atoms with van der Waals surface area (Å²) in [4.78, 5) is 4.39. The van der Waals surface area contributed by atoms with E-state index < -0.39 is 16.1 Å². The molecule has 25 heavy (non-hydrogen) atoms. The normalized spacial score (nSPS) is 22.0. The molecule has 0 amide bonds. The highest BCUT2D eigenvalue weighted by atomic mass is 32.2. The summed E-state index contributed by atoms with van der Waals surface area (Å²) in [6.45, 7) is 2.08. The van der Waals surface area contributed by atoms with Crippen molar-refractivity contribution in [2.75, 3.05) is 19.7 Å². The standard InChI is InChI=1S/C16H16FN3O4S/c17-12-5-11-8-20-25(21,22)24-16(11)13(6-12)10-1-2-14(19-7-10)15-9-18-3-4-23-15/h1-2,5-7,15,18,20H,3-4,8-9H2. The lowest BCUT2D eigenvalue weighted by Crippen LogP contribution is -2.33. The Morgan fingerprint density at radius 2 is 2.16 bits per heavy atom. The second kappa shape index (κ2) is 6.34. The molecule has 7 nitrogen and oxygen atoms in total. The van der Waals surface area contributed by atoms with E-state index in [1.54, 1.807) is 18.3 Å². The first-order valence-corrected chi connectivity index (χ1v) is 9.23. The van der Waals surface area contributed by atoms with Gasteiger partial charge in [-0.25, -0.2) is 4.39 Å². The van der Waals surface area contributed by atoms with Gasteiger partial charge in [-0.05, 0) is 18.2 Å². The van der Waals surface area contributed by atoms with Gasteiger partial charge in [0, 0.05) is 42.5 Å². The van der Waals surface area contributed by atoms with Gasteiger partial charge in [-0.15, -0.1) is 0 Å². The summed E-state index contributed by atoms with van der Waals surface area (Å²) in [6.07, 6.45) is 1.44. The molecule has 2 aliphatic rings. The third-order valence-electron chi connectivity index (χ3n) is 4.12. The zero-order chi connectivity index (χ0) is 17.4. The molecule has 0 radical (unpaired) electrons. The predicted molar refractivity (Wildman–Crippen MR) is 87.6 cm³/mol. The Bertz CT molecular complexity index is 896. The van der Waals surface area contributed by atoms with Gasteiger partial charge < -0.3 is 14.2 Å². The van der Waals surface area contributed by atoms with Crippen LogP contribution in [0.2, 0.25) is 0 Å². The van der Waals surface area contributed by atoms with E-state index in [1.807, 2.05) is 0 Å². The minimum Gasteiger partial charge on any atom is -0.370 e. The van der Waals surface area contributed by atoms with Crippen LogP contribution in [0.4, 0.5) is 4.39 Å². The molecule has 4 rings (SSSR count). The van der Waals surface area contributed by atoms with Crippen LogP contribution in [0.15, 0.2) is 30.5 Å². The number of morpholine rings is 1. The van der Waals surface area contributed by atoms with Crippen molar-refractivity contribution >= 4 is 10.3 Å². The minimum atomic E-state index is -3.89. The summed E-state index contributed by atoms with van der Waals surface area (Å²) >= 11 is 0. The van der Waals surface area contributed by atoms with Crippen LogP contribution in [-0.4, -0.2) is 33.1 Å². The number of pyridine rings is 1. The molecule has 2 N–H and O–H groups in total. The first-order valence-electron chi connectivity index (χ1n) is 7.82. The molecule has 132 valence electrons. The lowest BCUT2D eigenvalue weighted by atomic mass is 10.0. The first-order chi connectivity index (χ1) is 12.0.